The Hall–Kier alpha value is -2.50. The Balaban J connectivity index is 3.16. The first-order valence-corrected chi connectivity index (χ1v) is 5.06. The van der Waals surface area contributed by atoms with Crippen LogP contribution in [0.2, 0.25) is 0 Å². The fourth-order valence-electron chi connectivity index (χ4n) is 1.23. The number of carboxylic acid groups (broad SMARTS) is 1. The monoisotopic (exact) mass is 247 g/mol. The van der Waals surface area contributed by atoms with Crippen LogP contribution in [0.5, 0.6) is 0 Å². The molecule has 1 N–H and O–H groups in total. The molecule has 0 spiro atoms. The summed E-state index contributed by atoms with van der Waals surface area (Å²) in [6, 6.07) is 5.92. The van der Waals surface area contributed by atoms with E-state index in [1.165, 1.54) is 26.0 Å². The van der Waals surface area contributed by atoms with Gasteiger partial charge in [0.2, 0.25) is 0 Å². The smallest absolute Gasteiger partial charge is 0.337 e. The van der Waals surface area contributed by atoms with E-state index in [0.29, 0.717) is 0 Å². The zero-order valence-electron chi connectivity index (χ0n) is 9.88. The molecule has 0 fully saturated rings. The lowest BCUT2D eigenvalue weighted by atomic mass is 10.2. The normalized spacial score (nSPS) is 12.3. The van der Waals surface area contributed by atoms with Gasteiger partial charge in [0.1, 0.15) is 11.4 Å². The third-order valence-electron chi connectivity index (χ3n) is 2.06. The molecular formula is C12H11N2O4-. The Labute approximate surface area is 103 Å². The van der Waals surface area contributed by atoms with Crippen molar-refractivity contribution in [2.45, 2.75) is 13.8 Å². The number of rotatable bonds is 4. The summed E-state index contributed by atoms with van der Waals surface area (Å²) in [5, 5.41) is 27.2. The number of hydrogen-bond donors (Lipinski definition) is 1. The van der Waals surface area contributed by atoms with Gasteiger partial charge in [-0.15, -0.1) is 16.0 Å². The Morgan fingerprint density at radius 1 is 1.22 bits per heavy atom. The van der Waals surface area contributed by atoms with Crippen LogP contribution in [0.3, 0.4) is 0 Å². The molecule has 0 saturated heterocycles. The molecule has 0 aliphatic rings. The first kappa shape index (κ1) is 13.6. The quantitative estimate of drug-likeness (QED) is 0.496. The van der Waals surface area contributed by atoms with E-state index < -0.39 is 17.5 Å². The number of Topliss-reactive ketones (excluding diaryl/α,β-unsaturated/α-hetero) is 1. The van der Waals surface area contributed by atoms with Crippen LogP contribution in [0.4, 0.5) is 5.69 Å². The molecule has 1 aromatic carbocycles. The predicted octanol–water partition coefficient (Wildman–Crippen LogP) is 1.65. The van der Waals surface area contributed by atoms with Crippen LogP contribution in [0, 0.1) is 0 Å². The molecule has 0 aromatic heterocycles. The van der Waals surface area contributed by atoms with E-state index >= 15 is 0 Å². The minimum Gasteiger partial charge on any atom is -0.874 e. The van der Waals surface area contributed by atoms with E-state index in [-0.39, 0.29) is 16.9 Å². The fraction of sp³-hybridized carbons (Fsp3) is 0.167. The van der Waals surface area contributed by atoms with Crippen molar-refractivity contribution < 1.29 is 19.8 Å². The van der Waals surface area contributed by atoms with Crippen molar-refractivity contribution in [3.05, 3.63) is 41.3 Å². The van der Waals surface area contributed by atoms with Crippen molar-refractivity contribution in [2.24, 2.45) is 10.2 Å². The Kier molecular flexibility index (Phi) is 4.31. The molecule has 0 aliphatic carbocycles. The van der Waals surface area contributed by atoms with E-state index in [0.717, 1.165) is 0 Å². The third kappa shape index (κ3) is 3.24. The number of nitrogens with zero attached hydrogens (tertiary/aromatic N) is 2. The molecule has 0 saturated carbocycles. The number of ketones is 1. The molecule has 1 rings (SSSR count). The molecule has 6 nitrogen and oxygen atoms in total. The molecule has 0 radical (unpaired) electrons. The summed E-state index contributed by atoms with van der Waals surface area (Å²) in [6.07, 6.45) is 0. The maximum Gasteiger partial charge on any atom is 0.337 e. The minimum absolute atomic E-state index is 0.0484. The lowest BCUT2D eigenvalue weighted by molar-refractivity contribution is -0.303. The lowest BCUT2D eigenvalue weighted by Gasteiger charge is -2.07. The Morgan fingerprint density at radius 3 is 2.33 bits per heavy atom. The number of aromatic carboxylic acids is 1. The van der Waals surface area contributed by atoms with Gasteiger partial charge in [-0.1, -0.05) is 19.1 Å². The highest BCUT2D eigenvalue weighted by Crippen LogP contribution is 2.20. The first-order chi connectivity index (χ1) is 8.43. The van der Waals surface area contributed by atoms with Gasteiger partial charge in [-0.25, -0.2) is 4.79 Å². The van der Waals surface area contributed by atoms with Gasteiger partial charge >= 0.3 is 5.97 Å². The SMILES string of the molecule is CC(=O)/C(N=Nc1ccccc1C(=O)O)=C(\C)[O-]. The average Bonchev–Trinajstić information content (AvgIpc) is 2.28. The summed E-state index contributed by atoms with van der Waals surface area (Å²) in [4.78, 5) is 22.0. The predicted molar refractivity (Wildman–Crippen MR) is 61.3 cm³/mol. The van der Waals surface area contributed by atoms with Crippen LogP contribution >= 0.6 is 0 Å². The summed E-state index contributed by atoms with van der Waals surface area (Å²) in [5.74, 6) is -2.19. The third-order valence-corrected chi connectivity index (χ3v) is 2.06. The summed E-state index contributed by atoms with van der Waals surface area (Å²) in [6.45, 7) is 2.39. The number of carbonyl (C=O) groups excluding carboxylic acids is 1. The zero-order valence-corrected chi connectivity index (χ0v) is 9.88. The molecule has 18 heavy (non-hydrogen) atoms. The summed E-state index contributed by atoms with van der Waals surface area (Å²) in [5.41, 5.74) is -0.270. The van der Waals surface area contributed by atoms with Crippen LogP contribution < -0.4 is 5.11 Å². The van der Waals surface area contributed by atoms with Crippen molar-refractivity contribution in [2.75, 3.05) is 0 Å². The van der Waals surface area contributed by atoms with Crippen LogP contribution in [0.15, 0.2) is 46.0 Å². The molecule has 0 atom stereocenters. The van der Waals surface area contributed by atoms with Crippen molar-refractivity contribution in [3.63, 3.8) is 0 Å². The van der Waals surface area contributed by atoms with E-state index in [4.69, 9.17) is 5.11 Å². The van der Waals surface area contributed by atoms with Gasteiger partial charge in [-0.2, -0.15) is 0 Å². The number of hydrogen-bond acceptors (Lipinski definition) is 5. The molecule has 0 aliphatic heterocycles. The Bertz CT molecular complexity index is 543. The molecule has 6 heteroatoms. The summed E-state index contributed by atoms with van der Waals surface area (Å²) in [7, 11) is 0. The molecule has 1 aromatic rings. The van der Waals surface area contributed by atoms with Crippen molar-refractivity contribution >= 4 is 17.4 Å². The Morgan fingerprint density at radius 2 is 1.83 bits per heavy atom. The standard InChI is InChI=1S/C12H12N2O4/c1-7(15)11(8(2)16)14-13-10-6-4-3-5-9(10)12(17)18/h3-6,15H,1-2H3,(H,17,18)/p-1/b11-7-,14-13?. The largest absolute Gasteiger partial charge is 0.874 e. The maximum atomic E-state index is 11.1. The van der Waals surface area contributed by atoms with Crippen LogP contribution in [-0.4, -0.2) is 16.9 Å². The van der Waals surface area contributed by atoms with E-state index in [1.807, 2.05) is 0 Å². The highest BCUT2D eigenvalue weighted by atomic mass is 16.4. The van der Waals surface area contributed by atoms with Gasteiger partial charge in [-0.05, 0) is 12.1 Å². The van der Waals surface area contributed by atoms with E-state index in [1.54, 1.807) is 12.1 Å². The second kappa shape index (κ2) is 5.72. The van der Waals surface area contributed by atoms with Gasteiger partial charge in [0.05, 0.1) is 5.56 Å². The molecule has 0 unspecified atom stereocenters. The lowest BCUT2D eigenvalue weighted by Crippen LogP contribution is -2.07. The van der Waals surface area contributed by atoms with Crippen molar-refractivity contribution in [3.8, 4) is 0 Å². The number of allylic oxidation sites excluding steroid dienone is 2. The number of benzene rings is 1. The topological polar surface area (TPSA) is 102 Å². The summed E-state index contributed by atoms with van der Waals surface area (Å²) >= 11 is 0. The van der Waals surface area contributed by atoms with Crippen molar-refractivity contribution in [1.29, 1.82) is 0 Å². The minimum atomic E-state index is -1.16. The number of azo groups is 1. The van der Waals surface area contributed by atoms with Gasteiger partial charge in [0, 0.05) is 6.92 Å². The molecular weight excluding hydrogens is 236 g/mol. The first-order valence-electron chi connectivity index (χ1n) is 5.06. The van der Waals surface area contributed by atoms with Gasteiger partial charge in [0.15, 0.2) is 5.78 Å². The number of carboxylic acids is 1. The highest BCUT2D eigenvalue weighted by molar-refractivity contribution is 5.94. The second-order valence-electron chi connectivity index (χ2n) is 3.48. The van der Waals surface area contributed by atoms with Gasteiger partial charge < -0.3 is 10.2 Å². The molecule has 94 valence electrons. The van der Waals surface area contributed by atoms with Crippen LogP contribution in [0.1, 0.15) is 24.2 Å². The summed E-state index contributed by atoms with van der Waals surface area (Å²) < 4.78 is 0. The van der Waals surface area contributed by atoms with Crippen LogP contribution in [0.25, 0.3) is 0 Å². The highest BCUT2D eigenvalue weighted by Gasteiger charge is 2.09. The van der Waals surface area contributed by atoms with E-state index in [2.05, 4.69) is 10.2 Å². The van der Waals surface area contributed by atoms with E-state index in [9.17, 15) is 14.7 Å². The van der Waals surface area contributed by atoms with Crippen LogP contribution in [-0.2, 0) is 4.79 Å². The van der Waals surface area contributed by atoms with Crippen molar-refractivity contribution in [1.82, 2.24) is 0 Å². The van der Waals surface area contributed by atoms with Gasteiger partial charge in [-0.3, -0.25) is 4.79 Å². The maximum absolute atomic E-state index is 11.1. The van der Waals surface area contributed by atoms with Gasteiger partial charge in [0.25, 0.3) is 0 Å². The molecule has 0 amide bonds. The number of carbonyl (C=O) groups is 2. The fourth-order valence-corrected chi connectivity index (χ4v) is 1.23. The molecule has 0 heterocycles. The average molecular weight is 247 g/mol. The zero-order chi connectivity index (χ0) is 13.7. The molecule has 0 bridgehead atoms. The second-order valence-corrected chi connectivity index (χ2v) is 3.48.